The molecule has 2 aromatic rings. The van der Waals surface area contributed by atoms with Crippen LogP contribution in [-0.4, -0.2) is 22.4 Å². The van der Waals surface area contributed by atoms with Crippen LogP contribution in [0.5, 0.6) is 0 Å². The van der Waals surface area contributed by atoms with Crippen LogP contribution in [-0.2, 0) is 0 Å². The zero-order chi connectivity index (χ0) is 14.4. The summed E-state index contributed by atoms with van der Waals surface area (Å²) in [7, 11) is 0. The van der Waals surface area contributed by atoms with Gasteiger partial charge in [0.25, 0.3) is 5.91 Å². The summed E-state index contributed by atoms with van der Waals surface area (Å²) in [5.41, 5.74) is 6.12. The van der Waals surface area contributed by atoms with E-state index in [0.29, 0.717) is 11.1 Å². The number of rotatable bonds is 2. The highest BCUT2D eigenvalue weighted by Gasteiger charge is 2.10. The van der Waals surface area contributed by atoms with Gasteiger partial charge in [-0.3, -0.25) is 9.78 Å². The van der Waals surface area contributed by atoms with Crippen LogP contribution in [0.3, 0.4) is 0 Å². The highest BCUT2D eigenvalue weighted by molar-refractivity contribution is 6.05. The highest BCUT2D eigenvalue weighted by Crippen LogP contribution is 2.10. The molecule has 0 aliphatic carbocycles. The SMILES string of the molecule is NCC#Cc1cnccc1C(=O)Nc1ccc(F)cn1. The minimum Gasteiger partial charge on any atom is -0.320 e. The molecule has 1 amide bonds. The molecule has 0 fully saturated rings. The van der Waals surface area contributed by atoms with Crippen LogP contribution in [0.4, 0.5) is 10.2 Å². The van der Waals surface area contributed by atoms with Crippen molar-refractivity contribution in [3.8, 4) is 11.8 Å². The third-order valence-electron chi connectivity index (χ3n) is 2.36. The number of nitrogens with zero attached hydrogens (tertiary/aromatic N) is 2. The Morgan fingerprint density at radius 2 is 2.20 bits per heavy atom. The highest BCUT2D eigenvalue weighted by atomic mass is 19.1. The first kappa shape index (κ1) is 13.6. The van der Waals surface area contributed by atoms with E-state index in [1.807, 2.05) is 0 Å². The Bertz CT molecular complexity index is 674. The van der Waals surface area contributed by atoms with Crippen molar-refractivity contribution in [2.24, 2.45) is 5.73 Å². The molecule has 100 valence electrons. The van der Waals surface area contributed by atoms with Crippen LogP contribution in [0.15, 0.2) is 36.8 Å². The van der Waals surface area contributed by atoms with Gasteiger partial charge in [0.1, 0.15) is 11.6 Å². The molecule has 0 atom stereocenters. The Labute approximate surface area is 115 Å². The second-order valence-electron chi connectivity index (χ2n) is 3.74. The molecule has 20 heavy (non-hydrogen) atoms. The number of carbonyl (C=O) groups excluding carboxylic acids is 1. The van der Waals surface area contributed by atoms with E-state index in [9.17, 15) is 9.18 Å². The van der Waals surface area contributed by atoms with Crippen molar-refractivity contribution in [1.29, 1.82) is 0 Å². The summed E-state index contributed by atoms with van der Waals surface area (Å²) < 4.78 is 12.7. The van der Waals surface area contributed by atoms with E-state index in [0.717, 1.165) is 6.20 Å². The quantitative estimate of drug-likeness (QED) is 0.803. The number of hydrogen-bond donors (Lipinski definition) is 2. The van der Waals surface area contributed by atoms with Gasteiger partial charge in [0, 0.05) is 12.4 Å². The Hall–Kier alpha value is -2.78. The maximum atomic E-state index is 12.7. The molecule has 0 unspecified atom stereocenters. The van der Waals surface area contributed by atoms with Gasteiger partial charge in [-0.25, -0.2) is 9.37 Å². The van der Waals surface area contributed by atoms with Gasteiger partial charge in [-0.05, 0) is 18.2 Å². The molecule has 6 heteroatoms. The molecular formula is C14H11FN4O. The normalized spacial score (nSPS) is 9.50. The maximum absolute atomic E-state index is 12.7. The first-order valence-corrected chi connectivity index (χ1v) is 5.76. The van der Waals surface area contributed by atoms with E-state index in [4.69, 9.17) is 5.73 Å². The summed E-state index contributed by atoms with van der Waals surface area (Å²) in [4.78, 5) is 19.8. The molecule has 0 spiro atoms. The van der Waals surface area contributed by atoms with Gasteiger partial charge in [0.2, 0.25) is 0 Å². The molecule has 0 radical (unpaired) electrons. The van der Waals surface area contributed by atoms with Crippen LogP contribution in [0.1, 0.15) is 15.9 Å². The van der Waals surface area contributed by atoms with Crippen molar-refractivity contribution in [2.75, 3.05) is 11.9 Å². The van der Waals surface area contributed by atoms with E-state index in [1.165, 1.54) is 24.5 Å². The number of hydrogen-bond acceptors (Lipinski definition) is 4. The summed E-state index contributed by atoms with van der Waals surface area (Å²) in [6.07, 6.45) is 3.99. The summed E-state index contributed by atoms with van der Waals surface area (Å²) >= 11 is 0. The van der Waals surface area contributed by atoms with Crippen molar-refractivity contribution >= 4 is 11.7 Å². The summed E-state index contributed by atoms with van der Waals surface area (Å²) in [5.74, 6) is 4.82. The largest absolute Gasteiger partial charge is 0.320 e. The molecule has 5 nitrogen and oxygen atoms in total. The van der Waals surface area contributed by atoms with Gasteiger partial charge in [-0.2, -0.15) is 0 Å². The minimum atomic E-state index is -0.471. The Kier molecular flexibility index (Phi) is 4.37. The topological polar surface area (TPSA) is 80.9 Å². The third-order valence-corrected chi connectivity index (χ3v) is 2.36. The predicted molar refractivity (Wildman–Crippen MR) is 72.3 cm³/mol. The predicted octanol–water partition coefficient (Wildman–Crippen LogP) is 1.18. The number of pyridine rings is 2. The van der Waals surface area contributed by atoms with E-state index >= 15 is 0 Å². The van der Waals surface area contributed by atoms with Gasteiger partial charge in [-0.1, -0.05) is 11.8 Å². The van der Waals surface area contributed by atoms with Gasteiger partial charge in [0.05, 0.1) is 23.9 Å². The van der Waals surface area contributed by atoms with E-state index in [1.54, 1.807) is 6.07 Å². The monoisotopic (exact) mass is 270 g/mol. The molecule has 0 aliphatic rings. The zero-order valence-electron chi connectivity index (χ0n) is 10.4. The summed E-state index contributed by atoms with van der Waals surface area (Å²) in [5, 5.41) is 2.56. The molecule has 2 heterocycles. The van der Waals surface area contributed by atoms with Crippen LogP contribution in [0.2, 0.25) is 0 Å². The van der Waals surface area contributed by atoms with Crippen molar-refractivity contribution in [3.05, 3.63) is 53.7 Å². The molecule has 0 aliphatic heterocycles. The fourth-order valence-electron chi connectivity index (χ4n) is 1.47. The minimum absolute atomic E-state index is 0.190. The molecular weight excluding hydrogens is 259 g/mol. The number of anilines is 1. The molecule has 0 saturated carbocycles. The van der Waals surface area contributed by atoms with Crippen molar-refractivity contribution in [3.63, 3.8) is 0 Å². The van der Waals surface area contributed by atoms with Crippen LogP contribution >= 0.6 is 0 Å². The fourth-order valence-corrected chi connectivity index (χ4v) is 1.47. The van der Waals surface area contributed by atoms with Gasteiger partial charge < -0.3 is 11.1 Å². The van der Waals surface area contributed by atoms with E-state index in [-0.39, 0.29) is 12.4 Å². The van der Waals surface area contributed by atoms with E-state index < -0.39 is 11.7 Å². The third kappa shape index (κ3) is 3.37. The molecule has 0 saturated heterocycles. The average molecular weight is 270 g/mol. The van der Waals surface area contributed by atoms with Crippen molar-refractivity contribution < 1.29 is 9.18 Å². The summed E-state index contributed by atoms with van der Waals surface area (Å²) in [6.45, 7) is 0.190. The Morgan fingerprint density at radius 3 is 2.90 bits per heavy atom. The lowest BCUT2D eigenvalue weighted by Crippen LogP contribution is -2.14. The number of aromatic nitrogens is 2. The smallest absolute Gasteiger partial charge is 0.258 e. The van der Waals surface area contributed by atoms with Gasteiger partial charge in [-0.15, -0.1) is 0 Å². The van der Waals surface area contributed by atoms with Crippen LogP contribution in [0, 0.1) is 17.7 Å². The number of nitrogens with two attached hydrogens (primary N) is 1. The second kappa shape index (κ2) is 6.41. The first-order chi connectivity index (χ1) is 9.70. The summed E-state index contributed by atoms with van der Waals surface area (Å²) in [6, 6.07) is 4.13. The first-order valence-electron chi connectivity index (χ1n) is 5.76. The average Bonchev–Trinajstić information content (AvgIpc) is 2.47. The molecule has 0 aromatic carbocycles. The number of nitrogens with one attached hydrogen (secondary N) is 1. The fraction of sp³-hybridized carbons (Fsp3) is 0.0714. The Balaban J connectivity index is 2.23. The zero-order valence-corrected chi connectivity index (χ0v) is 10.4. The number of halogens is 1. The lowest BCUT2D eigenvalue weighted by molar-refractivity contribution is 0.102. The van der Waals surface area contributed by atoms with Crippen molar-refractivity contribution in [2.45, 2.75) is 0 Å². The van der Waals surface area contributed by atoms with Crippen LogP contribution in [0.25, 0.3) is 0 Å². The molecule has 0 bridgehead atoms. The lowest BCUT2D eigenvalue weighted by atomic mass is 10.1. The maximum Gasteiger partial charge on any atom is 0.258 e. The van der Waals surface area contributed by atoms with E-state index in [2.05, 4.69) is 27.1 Å². The molecule has 2 rings (SSSR count). The van der Waals surface area contributed by atoms with Crippen molar-refractivity contribution in [1.82, 2.24) is 9.97 Å². The van der Waals surface area contributed by atoms with Crippen LogP contribution < -0.4 is 11.1 Å². The standard InChI is InChI=1S/C14H11FN4O/c15-11-3-4-13(18-9-11)19-14(20)12-5-7-17-8-10(12)2-1-6-16/h3-5,7-9H,6,16H2,(H,18,19,20). The van der Waals surface area contributed by atoms with Gasteiger partial charge >= 0.3 is 0 Å². The van der Waals surface area contributed by atoms with Gasteiger partial charge in [0.15, 0.2) is 0 Å². The molecule has 2 aromatic heterocycles. The number of carbonyl (C=O) groups is 1. The molecule has 3 N–H and O–H groups in total. The number of amides is 1. The second-order valence-corrected chi connectivity index (χ2v) is 3.74. The lowest BCUT2D eigenvalue weighted by Gasteiger charge is -2.05. The Morgan fingerprint density at radius 1 is 1.35 bits per heavy atom.